The van der Waals surface area contributed by atoms with Gasteiger partial charge in [0.2, 0.25) is 5.91 Å². The van der Waals surface area contributed by atoms with Crippen LogP contribution in [-0.2, 0) is 20.9 Å². The first-order valence-corrected chi connectivity index (χ1v) is 13.3. The molecule has 1 aliphatic carbocycles. The van der Waals surface area contributed by atoms with E-state index in [1.807, 2.05) is 51.1 Å². The summed E-state index contributed by atoms with van der Waals surface area (Å²) in [6.45, 7) is 11.0. The maximum atomic E-state index is 13.1. The predicted molar refractivity (Wildman–Crippen MR) is 143 cm³/mol. The molecule has 4 atom stereocenters. The third-order valence-electron chi connectivity index (χ3n) is 7.39. The molecule has 6 nitrogen and oxygen atoms in total. The van der Waals surface area contributed by atoms with Crippen molar-refractivity contribution in [2.45, 2.75) is 79.4 Å². The highest BCUT2D eigenvalue weighted by Crippen LogP contribution is 2.35. The van der Waals surface area contributed by atoms with Gasteiger partial charge in [0.25, 0.3) is 0 Å². The standard InChI is InChI=1S/C30H41NO5/c1-6-24(25(7-2)30(33)34)29(32)31-22-13-15-27(26-10-9-11-28(20(26)5)35-8-3)21(17-22)18-36-23-14-12-19(4)16-23/h9-11,13,15,17,19,23-25H,6-8,12,14,16,18H2,1-5H3,(H,31,32)(H,33,34)/t19?,23?,24-,25+/m0/s1. The molecule has 36 heavy (non-hydrogen) atoms. The number of hydrogen-bond donors (Lipinski definition) is 2. The molecule has 6 heteroatoms. The highest BCUT2D eigenvalue weighted by atomic mass is 16.5. The molecule has 0 heterocycles. The molecular formula is C30H41NO5. The fourth-order valence-electron chi connectivity index (χ4n) is 5.30. The fraction of sp³-hybridized carbons (Fsp3) is 0.533. The Morgan fingerprint density at radius 2 is 1.81 bits per heavy atom. The Labute approximate surface area is 215 Å². The number of benzene rings is 2. The van der Waals surface area contributed by atoms with Crippen molar-refractivity contribution >= 4 is 17.6 Å². The maximum Gasteiger partial charge on any atom is 0.307 e. The average molecular weight is 496 g/mol. The number of carboxylic acid groups (broad SMARTS) is 1. The summed E-state index contributed by atoms with van der Waals surface area (Å²) in [5, 5.41) is 12.5. The van der Waals surface area contributed by atoms with Crippen molar-refractivity contribution in [1.82, 2.24) is 0 Å². The zero-order valence-corrected chi connectivity index (χ0v) is 22.3. The molecule has 1 amide bonds. The first-order valence-electron chi connectivity index (χ1n) is 13.3. The molecule has 0 spiro atoms. The topological polar surface area (TPSA) is 84.9 Å². The van der Waals surface area contributed by atoms with Gasteiger partial charge in [0.05, 0.1) is 31.2 Å². The van der Waals surface area contributed by atoms with Gasteiger partial charge in [-0.05, 0) is 92.3 Å². The number of carbonyl (C=O) groups excluding carboxylic acids is 1. The van der Waals surface area contributed by atoms with Crippen LogP contribution < -0.4 is 10.1 Å². The Kier molecular flexibility index (Phi) is 9.94. The van der Waals surface area contributed by atoms with Gasteiger partial charge in [-0.1, -0.05) is 39.0 Å². The number of nitrogens with one attached hydrogen (secondary N) is 1. The van der Waals surface area contributed by atoms with Crippen molar-refractivity contribution in [3.63, 3.8) is 0 Å². The summed E-state index contributed by atoms with van der Waals surface area (Å²) in [5.74, 6) is -0.946. The van der Waals surface area contributed by atoms with Crippen LogP contribution in [0, 0.1) is 24.7 Å². The number of anilines is 1. The molecule has 1 saturated carbocycles. The van der Waals surface area contributed by atoms with E-state index in [9.17, 15) is 14.7 Å². The molecule has 0 saturated heterocycles. The minimum absolute atomic E-state index is 0.243. The van der Waals surface area contributed by atoms with Crippen molar-refractivity contribution in [1.29, 1.82) is 0 Å². The molecule has 1 fully saturated rings. The quantitative estimate of drug-likeness (QED) is 0.337. The van der Waals surface area contributed by atoms with E-state index >= 15 is 0 Å². The minimum atomic E-state index is -0.931. The van der Waals surface area contributed by atoms with Gasteiger partial charge in [0.1, 0.15) is 5.75 Å². The third kappa shape index (κ3) is 6.67. The van der Waals surface area contributed by atoms with Crippen LogP contribution in [0.3, 0.4) is 0 Å². The van der Waals surface area contributed by atoms with Crippen molar-refractivity contribution < 1.29 is 24.2 Å². The van der Waals surface area contributed by atoms with Gasteiger partial charge >= 0.3 is 5.97 Å². The second-order valence-electron chi connectivity index (χ2n) is 9.94. The summed E-state index contributed by atoms with van der Waals surface area (Å²) < 4.78 is 12.2. The molecule has 2 unspecified atom stereocenters. The molecule has 0 aliphatic heterocycles. The average Bonchev–Trinajstić information content (AvgIpc) is 3.27. The Morgan fingerprint density at radius 1 is 1.06 bits per heavy atom. The summed E-state index contributed by atoms with van der Waals surface area (Å²) in [7, 11) is 0. The summed E-state index contributed by atoms with van der Waals surface area (Å²) >= 11 is 0. The van der Waals surface area contributed by atoms with E-state index in [-0.39, 0.29) is 12.0 Å². The van der Waals surface area contributed by atoms with Crippen LogP contribution >= 0.6 is 0 Å². The summed E-state index contributed by atoms with van der Waals surface area (Å²) in [5.41, 5.74) is 4.81. The minimum Gasteiger partial charge on any atom is -0.494 e. The number of rotatable bonds is 12. The van der Waals surface area contributed by atoms with Gasteiger partial charge in [-0.25, -0.2) is 0 Å². The van der Waals surface area contributed by atoms with E-state index in [2.05, 4.69) is 25.2 Å². The SMILES string of the molecule is CCOc1cccc(-c2ccc(NC(=O)[C@@H](CC)[C@@H](CC)C(=O)O)cc2COC2CCC(C)C2)c1C. The molecular weight excluding hydrogens is 454 g/mol. The van der Waals surface area contributed by atoms with Crippen LogP contribution in [0.5, 0.6) is 5.75 Å². The highest BCUT2D eigenvalue weighted by molar-refractivity contribution is 5.95. The van der Waals surface area contributed by atoms with Crippen LogP contribution in [0.1, 0.15) is 70.9 Å². The molecule has 2 aromatic carbocycles. The maximum absolute atomic E-state index is 13.1. The summed E-state index contributed by atoms with van der Waals surface area (Å²) in [6.07, 6.45) is 4.44. The number of amides is 1. The van der Waals surface area contributed by atoms with E-state index in [1.54, 1.807) is 0 Å². The van der Waals surface area contributed by atoms with Gasteiger partial charge in [0.15, 0.2) is 0 Å². The van der Waals surface area contributed by atoms with Crippen molar-refractivity contribution in [2.24, 2.45) is 17.8 Å². The third-order valence-corrected chi connectivity index (χ3v) is 7.39. The lowest BCUT2D eigenvalue weighted by atomic mass is 9.87. The van der Waals surface area contributed by atoms with Crippen molar-refractivity contribution in [3.05, 3.63) is 47.5 Å². The zero-order valence-electron chi connectivity index (χ0n) is 22.3. The van der Waals surface area contributed by atoms with Crippen molar-refractivity contribution in [2.75, 3.05) is 11.9 Å². The van der Waals surface area contributed by atoms with Crippen LogP contribution in [0.4, 0.5) is 5.69 Å². The predicted octanol–water partition coefficient (Wildman–Crippen LogP) is 6.84. The molecule has 2 aromatic rings. The first kappa shape index (κ1) is 27.7. The lowest BCUT2D eigenvalue weighted by Crippen LogP contribution is -2.33. The Bertz CT molecular complexity index is 1050. The second kappa shape index (κ2) is 12.9. The molecule has 196 valence electrons. The van der Waals surface area contributed by atoms with Crippen LogP contribution in [0.25, 0.3) is 11.1 Å². The van der Waals surface area contributed by atoms with Gasteiger partial charge in [-0.2, -0.15) is 0 Å². The van der Waals surface area contributed by atoms with E-state index in [1.165, 1.54) is 6.42 Å². The normalized spacial score (nSPS) is 19.0. The van der Waals surface area contributed by atoms with Gasteiger partial charge < -0.3 is 19.9 Å². The van der Waals surface area contributed by atoms with Gasteiger partial charge in [-0.3, -0.25) is 9.59 Å². The molecule has 0 bridgehead atoms. The van der Waals surface area contributed by atoms with Crippen LogP contribution in [-0.4, -0.2) is 29.7 Å². The lowest BCUT2D eigenvalue weighted by Gasteiger charge is -2.22. The number of carbonyl (C=O) groups is 2. The first-order chi connectivity index (χ1) is 17.3. The molecule has 0 radical (unpaired) electrons. The smallest absolute Gasteiger partial charge is 0.307 e. The van der Waals surface area contributed by atoms with E-state index in [4.69, 9.17) is 9.47 Å². The fourth-order valence-corrected chi connectivity index (χ4v) is 5.30. The largest absolute Gasteiger partial charge is 0.494 e. The number of aliphatic carboxylic acids is 1. The van der Waals surface area contributed by atoms with Crippen molar-refractivity contribution in [3.8, 4) is 16.9 Å². The molecule has 0 aromatic heterocycles. The number of ether oxygens (including phenoxy) is 2. The number of hydrogen-bond acceptors (Lipinski definition) is 4. The van der Waals surface area contributed by atoms with Gasteiger partial charge in [-0.15, -0.1) is 0 Å². The van der Waals surface area contributed by atoms with Crippen LogP contribution in [0.2, 0.25) is 0 Å². The lowest BCUT2D eigenvalue weighted by molar-refractivity contribution is -0.146. The molecule has 2 N–H and O–H groups in total. The Balaban J connectivity index is 1.92. The zero-order chi connectivity index (χ0) is 26.2. The molecule has 1 aliphatic rings. The van der Waals surface area contributed by atoms with Gasteiger partial charge in [0, 0.05) is 5.69 Å². The second-order valence-corrected chi connectivity index (χ2v) is 9.94. The van der Waals surface area contributed by atoms with E-state index < -0.39 is 17.8 Å². The summed E-state index contributed by atoms with van der Waals surface area (Å²) in [4.78, 5) is 24.7. The highest BCUT2D eigenvalue weighted by Gasteiger charge is 2.31. The Morgan fingerprint density at radius 3 is 2.42 bits per heavy atom. The monoisotopic (exact) mass is 495 g/mol. The molecule has 3 rings (SSSR count). The van der Waals surface area contributed by atoms with E-state index in [0.717, 1.165) is 40.8 Å². The number of carboxylic acids is 1. The van der Waals surface area contributed by atoms with E-state index in [0.29, 0.717) is 37.7 Å². The summed E-state index contributed by atoms with van der Waals surface area (Å²) in [6, 6.07) is 11.9. The van der Waals surface area contributed by atoms with Crippen LogP contribution in [0.15, 0.2) is 36.4 Å². The Hall–Kier alpha value is -2.86.